The van der Waals surface area contributed by atoms with Crippen molar-refractivity contribution in [2.24, 2.45) is 0 Å². The van der Waals surface area contributed by atoms with Gasteiger partial charge in [-0.1, -0.05) is 12.1 Å². The predicted molar refractivity (Wildman–Crippen MR) is 58.7 cm³/mol. The Labute approximate surface area is 116 Å². The van der Waals surface area contributed by atoms with E-state index in [2.05, 4.69) is 35.2 Å². The number of hydrogen-bond acceptors (Lipinski definition) is 5. The van der Waals surface area contributed by atoms with E-state index in [1.807, 2.05) is 23.6 Å². The molecular weight excluding hydrogens is 286 g/mol. The second kappa shape index (κ2) is 5.31. The lowest BCUT2D eigenvalue weighted by atomic mass is 10.2. The van der Waals surface area contributed by atoms with Gasteiger partial charge in [-0.15, -0.1) is 14.8 Å². The molecule has 106 valence electrons. The number of benzene rings is 1. The third-order valence-corrected chi connectivity index (χ3v) is 2.66. The van der Waals surface area contributed by atoms with Crippen LogP contribution in [0.15, 0.2) is 30.3 Å². The molecule has 3 aromatic rings. The van der Waals surface area contributed by atoms with Crippen LogP contribution in [-0.4, -0.2) is 10.1 Å². The van der Waals surface area contributed by atoms with Gasteiger partial charge in [0.1, 0.15) is 5.69 Å². The van der Waals surface area contributed by atoms with E-state index in [0.29, 0.717) is 0 Å². The van der Waals surface area contributed by atoms with Crippen LogP contribution in [0.1, 0.15) is 11.4 Å². The Morgan fingerprint density at radius 2 is 1.70 bits per heavy atom. The smallest absolute Gasteiger partial charge is 0.223 e. The molecule has 8 heteroatoms. The van der Waals surface area contributed by atoms with Gasteiger partial charge in [-0.3, -0.25) is 0 Å². The van der Waals surface area contributed by atoms with Gasteiger partial charge in [0.05, 0.1) is 10.9 Å². The van der Waals surface area contributed by atoms with E-state index in [4.69, 9.17) is 18.6 Å². The van der Waals surface area contributed by atoms with E-state index in [0.717, 1.165) is 16.9 Å². The summed E-state index contributed by atoms with van der Waals surface area (Å²) in [6.45, 7) is 4.10. The van der Waals surface area contributed by atoms with Gasteiger partial charge in [0.25, 0.3) is 0 Å². The molecule has 0 bridgehead atoms. The number of halogens is 1. The van der Waals surface area contributed by atoms with Crippen LogP contribution in [0.4, 0.5) is 0 Å². The van der Waals surface area contributed by atoms with Crippen molar-refractivity contribution in [3.05, 3.63) is 41.7 Å². The SMILES string of the molecule is Cc1cc(C)[n+]2[nH]c3ccccc3c2n1.[O-][Cl+3]([O-])([O-])[O-]. The zero-order valence-electron chi connectivity index (χ0n) is 10.8. The monoisotopic (exact) mass is 297 g/mol. The molecule has 1 aromatic carbocycles. The number of nitrogens with zero attached hydrogens (tertiary/aromatic N) is 2. The number of nitrogens with one attached hydrogen (secondary N) is 1. The highest BCUT2D eigenvalue weighted by Crippen LogP contribution is 2.14. The minimum atomic E-state index is -4.94. The highest BCUT2D eigenvalue weighted by molar-refractivity contribution is 5.89. The maximum absolute atomic E-state index is 8.49. The number of aromatic amines is 1. The molecule has 0 saturated heterocycles. The van der Waals surface area contributed by atoms with Gasteiger partial charge in [0, 0.05) is 19.9 Å². The van der Waals surface area contributed by atoms with E-state index in [-0.39, 0.29) is 0 Å². The molecule has 0 amide bonds. The summed E-state index contributed by atoms with van der Waals surface area (Å²) in [5.41, 5.74) is 4.35. The Balaban J connectivity index is 0.000000257. The number of H-pyrrole nitrogens is 1. The third-order valence-electron chi connectivity index (χ3n) is 2.66. The highest BCUT2D eigenvalue weighted by Gasteiger charge is 2.15. The molecule has 2 heterocycles. The van der Waals surface area contributed by atoms with Crippen LogP contribution in [0, 0.1) is 24.1 Å². The third kappa shape index (κ3) is 3.41. The first-order valence-corrected chi connectivity index (χ1v) is 6.87. The quantitative estimate of drug-likeness (QED) is 0.447. The van der Waals surface area contributed by atoms with Gasteiger partial charge in [0.15, 0.2) is 5.69 Å². The summed E-state index contributed by atoms with van der Waals surface area (Å²) >= 11 is 0. The number of rotatable bonds is 0. The minimum Gasteiger partial charge on any atom is -0.223 e. The molecule has 0 saturated carbocycles. The van der Waals surface area contributed by atoms with E-state index in [9.17, 15) is 0 Å². The first-order valence-electron chi connectivity index (χ1n) is 5.64. The molecule has 0 radical (unpaired) electrons. The van der Waals surface area contributed by atoms with Crippen LogP contribution >= 0.6 is 0 Å². The van der Waals surface area contributed by atoms with Crippen molar-refractivity contribution in [2.75, 3.05) is 0 Å². The van der Waals surface area contributed by atoms with E-state index in [1.54, 1.807) is 0 Å². The molecule has 1 N–H and O–H groups in total. The summed E-state index contributed by atoms with van der Waals surface area (Å²) in [6, 6.07) is 10.3. The standard InChI is InChI=1S/C12H11N3.ClHO4/c1-8-7-9(2)15-12(13-8)10-5-3-4-6-11(10)14-15;2-1(3,4)5/h3-7H,1-2H3;(H,2,3,4,5). The lowest BCUT2D eigenvalue weighted by Crippen LogP contribution is -2.68. The number of hydrogen-bond donors (Lipinski definition) is 1. The van der Waals surface area contributed by atoms with E-state index < -0.39 is 10.2 Å². The van der Waals surface area contributed by atoms with Gasteiger partial charge in [0.2, 0.25) is 0 Å². The first kappa shape index (κ1) is 14.6. The zero-order valence-corrected chi connectivity index (χ0v) is 11.5. The largest absolute Gasteiger partial charge is 0.356 e. The Bertz CT molecular complexity index is 745. The number of aromatic nitrogens is 3. The molecule has 0 atom stereocenters. The molecule has 0 unspecified atom stereocenters. The summed E-state index contributed by atoms with van der Waals surface area (Å²) in [5, 5.41) is 4.50. The normalized spacial score (nSPS) is 11.5. The van der Waals surface area contributed by atoms with Crippen molar-refractivity contribution in [3.63, 3.8) is 0 Å². The lowest BCUT2D eigenvalue weighted by molar-refractivity contribution is -2.00. The summed E-state index contributed by atoms with van der Waals surface area (Å²) in [7, 11) is -4.94. The fourth-order valence-corrected chi connectivity index (χ4v) is 2.00. The second-order valence-electron chi connectivity index (χ2n) is 4.23. The lowest BCUT2D eigenvalue weighted by Gasteiger charge is -2.17. The van der Waals surface area contributed by atoms with Crippen LogP contribution in [0.3, 0.4) is 0 Å². The van der Waals surface area contributed by atoms with Gasteiger partial charge < -0.3 is 0 Å². The highest BCUT2D eigenvalue weighted by atomic mass is 35.7. The topological polar surface area (TPSA) is 125 Å². The molecule has 7 nitrogen and oxygen atoms in total. The van der Waals surface area contributed by atoms with Gasteiger partial charge in [-0.25, -0.2) is 23.7 Å². The summed E-state index contributed by atoms with van der Waals surface area (Å²) in [4.78, 5) is 4.56. The summed E-state index contributed by atoms with van der Waals surface area (Å²) < 4.78 is 36.0. The van der Waals surface area contributed by atoms with E-state index >= 15 is 0 Å². The Morgan fingerprint density at radius 3 is 2.35 bits per heavy atom. The maximum Gasteiger partial charge on any atom is 0.356 e. The van der Waals surface area contributed by atoms with Crippen molar-refractivity contribution in [2.45, 2.75) is 13.8 Å². The molecule has 0 aliphatic carbocycles. The zero-order chi connectivity index (χ0) is 14.9. The van der Waals surface area contributed by atoms with E-state index in [1.165, 1.54) is 11.1 Å². The second-order valence-corrected chi connectivity index (χ2v) is 4.99. The average molecular weight is 298 g/mol. The van der Waals surface area contributed by atoms with Crippen LogP contribution in [-0.2, 0) is 0 Å². The van der Waals surface area contributed by atoms with Gasteiger partial charge >= 0.3 is 5.65 Å². The average Bonchev–Trinajstić information content (AvgIpc) is 2.66. The Hall–Kier alpha value is -1.77. The fourth-order valence-electron chi connectivity index (χ4n) is 2.00. The molecule has 0 fully saturated rings. The van der Waals surface area contributed by atoms with Crippen molar-refractivity contribution in [1.82, 2.24) is 10.1 Å². The van der Waals surface area contributed by atoms with Crippen LogP contribution in [0.25, 0.3) is 16.6 Å². The molecule has 0 spiro atoms. The first-order chi connectivity index (χ1) is 9.25. The summed E-state index contributed by atoms with van der Waals surface area (Å²) in [5.74, 6) is 0. The number of fused-ring (bicyclic) bond motifs is 3. The van der Waals surface area contributed by atoms with Crippen molar-refractivity contribution >= 4 is 16.6 Å². The maximum atomic E-state index is 8.49. The van der Waals surface area contributed by atoms with Gasteiger partial charge in [-0.05, 0) is 17.1 Å². The molecule has 0 aliphatic heterocycles. The predicted octanol–water partition coefficient (Wildman–Crippen LogP) is -2.84. The minimum absolute atomic E-state index is 1.00. The summed E-state index contributed by atoms with van der Waals surface area (Å²) in [6.07, 6.45) is 0. The van der Waals surface area contributed by atoms with Crippen molar-refractivity contribution in [1.29, 1.82) is 0 Å². The Morgan fingerprint density at radius 1 is 1.10 bits per heavy atom. The molecule has 0 aliphatic rings. The molecular formula is C12H12ClN3O4. The van der Waals surface area contributed by atoms with Crippen LogP contribution in [0.5, 0.6) is 0 Å². The van der Waals surface area contributed by atoms with Crippen LogP contribution in [0.2, 0.25) is 0 Å². The van der Waals surface area contributed by atoms with Crippen molar-refractivity contribution in [3.8, 4) is 0 Å². The molecule has 2 aromatic heterocycles. The van der Waals surface area contributed by atoms with Crippen molar-refractivity contribution < 1.29 is 33.4 Å². The molecule has 20 heavy (non-hydrogen) atoms. The van der Waals surface area contributed by atoms with Gasteiger partial charge in [-0.2, -0.15) is 0 Å². The fraction of sp³-hybridized carbons (Fsp3) is 0.167. The molecule has 3 rings (SSSR count). The van der Waals surface area contributed by atoms with Crippen LogP contribution < -0.4 is 23.2 Å². The number of para-hydroxylation sites is 1. The Kier molecular flexibility index (Phi) is 3.89. The number of aryl methyl sites for hydroxylation is 2.